The van der Waals surface area contributed by atoms with E-state index in [2.05, 4.69) is 59.7 Å². The van der Waals surface area contributed by atoms with Crippen molar-refractivity contribution < 1.29 is 4.79 Å². The molecule has 1 N–H and O–H groups in total. The predicted molar refractivity (Wildman–Crippen MR) is 112 cm³/mol. The van der Waals surface area contributed by atoms with Gasteiger partial charge in [-0.25, -0.2) is 0 Å². The second-order valence-corrected chi connectivity index (χ2v) is 8.65. The molecule has 1 aromatic carbocycles. The van der Waals surface area contributed by atoms with Gasteiger partial charge in [0.2, 0.25) is 5.91 Å². The molecule has 144 valence electrons. The number of likely N-dealkylation sites (tertiary alicyclic amines) is 1. The molecule has 3 unspecified atom stereocenters. The molecule has 2 fully saturated rings. The Kier molecular flexibility index (Phi) is 4.13. The summed E-state index contributed by atoms with van der Waals surface area (Å²) in [7, 11) is 1.90. The summed E-state index contributed by atoms with van der Waals surface area (Å²) in [5.41, 5.74) is 5.85. The molecule has 0 saturated carbocycles. The van der Waals surface area contributed by atoms with Gasteiger partial charge < -0.3 is 4.90 Å². The first-order valence-electron chi connectivity index (χ1n) is 10.4. The van der Waals surface area contributed by atoms with Gasteiger partial charge in [0.1, 0.15) is 5.54 Å². The summed E-state index contributed by atoms with van der Waals surface area (Å²) < 4.78 is 0. The predicted octanol–water partition coefficient (Wildman–Crippen LogP) is 4.29. The summed E-state index contributed by atoms with van der Waals surface area (Å²) in [4.78, 5) is 19.1. The van der Waals surface area contributed by atoms with Crippen LogP contribution in [-0.2, 0) is 4.79 Å². The van der Waals surface area contributed by atoms with E-state index >= 15 is 0 Å². The van der Waals surface area contributed by atoms with Crippen molar-refractivity contribution in [1.29, 1.82) is 0 Å². The number of amides is 1. The van der Waals surface area contributed by atoms with Crippen molar-refractivity contribution >= 4 is 12.0 Å². The molecule has 3 atom stereocenters. The van der Waals surface area contributed by atoms with Gasteiger partial charge >= 0.3 is 0 Å². The highest BCUT2D eigenvalue weighted by Gasteiger charge is 2.50. The van der Waals surface area contributed by atoms with Gasteiger partial charge in [0.15, 0.2) is 0 Å². The Morgan fingerprint density at radius 1 is 1.18 bits per heavy atom. The van der Waals surface area contributed by atoms with Crippen LogP contribution in [0.3, 0.4) is 0 Å². The summed E-state index contributed by atoms with van der Waals surface area (Å²) in [5, 5.41) is 3.63. The third-order valence-corrected chi connectivity index (χ3v) is 6.82. The number of benzene rings is 1. The average molecular weight is 374 g/mol. The van der Waals surface area contributed by atoms with Gasteiger partial charge in [0, 0.05) is 19.8 Å². The number of rotatable bonds is 2. The minimum Gasteiger partial charge on any atom is -0.344 e. The van der Waals surface area contributed by atoms with E-state index in [9.17, 15) is 4.79 Å². The van der Waals surface area contributed by atoms with Crippen LogP contribution < -0.4 is 5.32 Å². The molecular weight excluding hydrogens is 346 g/mol. The molecule has 2 saturated heterocycles. The molecule has 2 aromatic rings. The minimum absolute atomic E-state index is 0.146. The van der Waals surface area contributed by atoms with Gasteiger partial charge in [-0.05, 0) is 72.1 Å². The SMILES string of the molecule is CC1CC=Cc2cc(-c3ccnc(C4CCC5(CCN(C)C5=O)N4)c3)ccc21. The van der Waals surface area contributed by atoms with Crippen LogP contribution in [0, 0.1) is 0 Å². The molecule has 28 heavy (non-hydrogen) atoms. The van der Waals surface area contributed by atoms with Crippen molar-refractivity contribution in [2.75, 3.05) is 13.6 Å². The first-order valence-corrected chi connectivity index (χ1v) is 10.4. The Balaban J connectivity index is 1.42. The van der Waals surface area contributed by atoms with Crippen molar-refractivity contribution in [3.8, 4) is 11.1 Å². The van der Waals surface area contributed by atoms with Crippen LogP contribution in [0.1, 0.15) is 61.4 Å². The Labute approximate surface area is 166 Å². The second-order valence-electron chi connectivity index (χ2n) is 8.65. The lowest BCUT2D eigenvalue weighted by Crippen LogP contribution is -2.47. The minimum atomic E-state index is -0.371. The molecule has 0 radical (unpaired) electrons. The highest BCUT2D eigenvalue weighted by molar-refractivity contribution is 5.88. The zero-order chi connectivity index (χ0) is 19.3. The number of allylic oxidation sites excluding steroid dienone is 1. The van der Waals surface area contributed by atoms with Gasteiger partial charge in [-0.3, -0.25) is 15.1 Å². The van der Waals surface area contributed by atoms with E-state index in [-0.39, 0.29) is 17.5 Å². The fourth-order valence-electron chi connectivity index (χ4n) is 5.08. The van der Waals surface area contributed by atoms with Crippen LogP contribution in [-0.4, -0.2) is 34.9 Å². The zero-order valence-electron chi connectivity index (χ0n) is 16.6. The Morgan fingerprint density at radius 3 is 2.86 bits per heavy atom. The van der Waals surface area contributed by atoms with E-state index in [1.165, 1.54) is 22.3 Å². The van der Waals surface area contributed by atoms with Crippen molar-refractivity contribution in [1.82, 2.24) is 15.2 Å². The third-order valence-electron chi connectivity index (χ3n) is 6.82. The van der Waals surface area contributed by atoms with Crippen molar-refractivity contribution in [3.05, 3.63) is 59.4 Å². The summed E-state index contributed by atoms with van der Waals surface area (Å²) in [5.74, 6) is 0.824. The maximum Gasteiger partial charge on any atom is 0.242 e. The van der Waals surface area contributed by atoms with E-state index in [1.807, 2.05) is 18.1 Å². The quantitative estimate of drug-likeness (QED) is 0.854. The van der Waals surface area contributed by atoms with E-state index < -0.39 is 0 Å². The largest absolute Gasteiger partial charge is 0.344 e. The lowest BCUT2D eigenvalue weighted by molar-refractivity contribution is -0.131. The molecular formula is C24H27N3O. The second kappa shape index (κ2) is 6.56. The number of likely N-dealkylation sites (N-methyl/N-ethyl adjacent to an activating group) is 1. The lowest BCUT2D eigenvalue weighted by Gasteiger charge is -2.23. The summed E-state index contributed by atoms with van der Waals surface area (Å²) in [6.07, 6.45) is 10.3. The van der Waals surface area contributed by atoms with Crippen LogP contribution >= 0.6 is 0 Å². The maximum absolute atomic E-state index is 12.6. The molecule has 5 rings (SSSR count). The normalized spacial score (nSPS) is 28.9. The Hall–Kier alpha value is -2.46. The number of pyridine rings is 1. The van der Waals surface area contributed by atoms with E-state index in [0.717, 1.165) is 37.9 Å². The molecule has 3 aliphatic rings. The monoisotopic (exact) mass is 373 g/mol. The molecule has 2 aliphatic heterocycles. The highest BCUT2D eigenvalue weighted by atomic mass is 16.2. The number of hydrogen-bond donors (Lipinski definition) is 1. The van der Waals surface area contributed by atoms with Gasteiger partial charge in [0.25, 0.3) is 0 Å². The Bertz CT molecular complexity index is 966. The van der Waals surface area contributed by atoms with E-state index in [0.29, 0.717) is 5.92 Å². The summed E-state index contributed by atoms with van der Waals surface area (Å²) in [6.45, 7) is 3.13. The van der Waals surface area contributed by atoms with E-state index in [1.54, 1.807) is 0 Å². The number of carbonyl (C=O) groups is 1. The smallest absolute Gasteiger partial charge is 0.242 e. The fourth-order valence-corrected chi connectivity index (χ4v) is 5.08. The van der Waals surface area contributed by atoms with Crippen LogP contribution in [0.2, 0.25) is 0 Å². The van der Waals surface area contributed by atoms with Crippen LogP contribution in [0.15, 0.2) is 42.6 Å². The van der Waals surface area contributed by atoms with Gasteiger partial charge in [0.05, 0.1) is 11.7 Å². The zero-order valence-corrected chi connectivity index (χ0v) is 16.6. The molecule has 3 heterocycles. The third kappa shape index (κ3) is 2.78. The standard InChI is InChI=1S/C24H27N3O/c1-16-4-3-5-19-14-17(6-7-20(16)19)18-9-12-25-22(15-18)21-8-10-24(26-21)11-13-27(2)23(24)28/h3,5-7,9,12,14-16,21,26H,4,8,10-11,13H2,1-2H3. The number of fused-ring (bicyclic) bond motifs is 1. The molecule has 0 bridgehead atoms. The molecule has 1 aliphatic carbocycles. The maximum atomic E-state index is 12.6. The number of aromatic nitrogens is 1. The number of nitrogens with zero attached hydrogens (tertiary/aromatic N) is 2. The summed E-state index contributed by atoms with van der Waals surface area (Å²) in [6, 6.07) is 11.2. The van der Waals surface area contributed by atoms with Gasteiger partial charge in [-0.15, -0.1) is 0 Å². The van der Waals surface area contributed by atoms with Crippen LogP contribution in [0.5, 0.6) is 0 Å². The molecule has 1 spiro atoms. The highest BCUT2D eigenvalue weighted by Crippen LogP contribution is 2.39. The Morgan fingerprint density at radius 2 is 2.04 bits per heavy atom. The lowest BCUT2D eigenvalue weighted by atomic mass is 9.86. The molecule has 4 heteroatoms. The number of nitrogens with one attached hydrogen (secondary N) is 1. The molecule has 1 aromatic heterocycles. The molecule has 4 nitrogen and oxygen atoms in total. The van der Waals surface area contributed by atoms with Gasteiger partial charge in [-0.1, -0.05) is 31.2 Å². The van der Waals surface area contributed by atoms with Crippen molar-refractivity contribution in [3.63, 3.8) is 0 Å². The first-order chi connectivity index (χ1) is 13.6. The topological polar surface area (TPSA) is 45.2 Å². The molecule has 1 amide bonds. The van der Waals surface area contributed by atoms with E-state index in [4.69, 9.17) is 0 Å². The van der Waals surface area contributed by atoms with Crippen LogP contribution in [0.25, 0.3) is 17.2 Å². The van der Waals surface area contributed by atoms with Crippen LogP contribution in [0.4, 0.5) is 0 Å². The summed E-state index contributed by atoms with van der Waals surface area (Å²) >= 11 is 0. The number of hydrogen-bond acceptors (Lipinski definition) is 3. The average Bonchev–Trinajstić information content (AvgIpc) is 3.28. The number of carbonyl (C=O) groups excluding carboxylic acids is 1. The fraction of sp³-hybridized carbons (Fsp3) is 0.417. The van der Waals surface area contributed by atoms with Crippen molar-refractivity contribution in [2.45, 2.75) is 50.1 Å². The first kappa shape index (κ1) is 17.6. The van der Waals surface area contributed by atoms with Gasteiger partial charge in [-0.2, -0.15) is 0 Å². The van der Waals surface area contributed by atoms with Crippen molar-refractivity contribution in [2.24, 2.45) is 0 Å².